The lowest BCUT2D eigenvalue weighted by molar-refractivity contribution is 0.473. The van der Waals surface area contributed by atoms with E-state index in [0.29, 0.717) is 6.04 Å². The molecule has 0 amide bonds. The van der Waals surface area contributed by atoms with Crippen LogP contribution in [-0.2, 0) is 0 Å². The Morgan fingerprint density at radius 1 is 0.516 bits per heavy atom. The Kier molecular flexibility index (Phi) is 25.2. The fourth-order valence-electron chi connectivity index (χ4n) is 4.21. The predicted octanol–water partition coefficient (Wildman–Crippen LogP) is 10.3. The third-order valence-electron chi connectivity index (χ3n) is 6.38. The second-order valence-corrected chi connectivity index (χ2v) is 10.2. The molecule has 0 aromatic heterocycles. The number of hydrogen-bond acceptors (Lipinski definition) is 1. The summed E-state index contributed by atoms with van der Waals surface area (Å²) in [6.45, 7) is 6.92. The second kappa shape index (κ2) is 25.7. The summed E-state index contributed by atoms with van der Waals surface area (Å²) < 4.78 is 0. The first kappa shape index (κ1) is 30.4. The van der Waals surface area contributed by atoms with Gasteiger partial charge < -0.3 is 5.73 Å². The number of allylic oxidation sites excluding steroid dienone is 4. The Labute approximate surface area is 197 Å². The predicted molar refractivity (Wildman–Crippen MR) is 144 cm³/mol. The minimum atomic E-state index is 0.452. The van der Waals surface area contributed by atoms with Crippen molar-refractivity contribution in [3.8, 4) is 0 Å². The Morgan fingerprint density at radius 3 is 1.42 bits per heavy atom. The van der Waals surface area contributed by atoms with Crippen LogP contribution in [0.25, 0.3) is 0 Å². The van der Waals surface area contributed by atoms with Gasteiger partial charge in [0.1, 0.15) is 0 Å². The minimum absolute atomic E-state index is 0.452. The molecule has 0 radical (unpaired) electrons. The molecular formula is C30H59N. The van der Waals surface area contributed by atoms with Crippen molar-refractivity contribution in [1.29, 1.82) is 0 Å². The van der Waals surface area contributed by atoms with Gasteiger partial charge in [0.2, 0.25) is 0 Å². The van der Waals surface area contributed by atoms with E-state index in [1.54, 1.807) is 0 Å². The summed E-state index contributed by atoms with van der Waals surface area (Å²) >= 11 is 0. The zero-order valence-corrected chi connectivity index (χ0v) is 21.9. The minimum Gasteiger partial charge on any atom is -0.328 e. The highest BCUT2D eigenvalue weighted by atomic mass is 14.6. The summed E-state index contributed by atoms with van der Waals surface area (Å²) in [5.74, 6) is 0.868. The molecule has 0 saturated heterocycles. The van der Waals surface area contributed by atoms with E-state index in [0.717, 1.165) is 12.3 Å². The van der Waals surface area contributed by atoms with E-state index in [1.165, 1.54) is 128 Å². The van der Waals surface area contributed by atoms with Crippen LogP contribution in [0, 0.1) is 5.92 Å². The summed E-state index contributed by atoms with van der Waals surface area (Å²) in [6.07, 6.45) is 37.6. The average molecular weight is 434 g/mol. The lowest BCUT2D eigenvalue weighted by atomic mass is 10.00. The van der Waals surface area contributed by atoms with Crippen LogP contribution < -0.4 is 5.73 Å². The maximum atomic E-state index is 6.31. The molecule has 0 aliphatic carbocycles. The standard InChI is InChI=1S/C30H59N/c1-4-5-6-7-8-9-10-11-12-13-14-15-16-17-18-21-24-27-30(31)28-25-22-19-20-23-26-29(2)3/h8-9,11-12,29-30H,4-7,10,13-28,31H2,1-3H3/b9-8+,12-11+. The molecule has 0 fully saturated rings. The Bertz CT molecular complexity index is 382. The van der Waals surface area contributed by atoms with E-state index in [2.05, 4.69) is 45.1 Å². The Hall–Kier alpha value is -0.560. The van der Waals surface area contributed by atoms with E-state index >= 15 is 0 Å². The van der Waals surface area contributed by atoms with Gasteiger partial charge in [0.15, 0.2) is 0 Å². The third-order valence-corrected chi connectivity index (χ3v) is 6.38. The van der Waals surface area contributed by atoms with E-state index < -0.39 is 0 Å². The molecule has 1 unspecified atom stereocenters. The zero-order chi connectivity index (χ0) is 22.8. The van der Waals surface area contributed by atoms with Crippen LogP contribution in [0.15, 0.2) is 24.3 Å². The normalized spacial score (nSPS) is 13.2. The van der Waals surface area contributed by atoms with Crippen LogP contribution in [0.4, 0.5) is 0 Å². The van der Waals surface area contributed by atoms with Crippen molar-refractivity contribution in [2.24, 2.45) is 11.7 Å². The van der Waals surface area contributed by atoms with Gasteiger partial charge in [0.05, 0.1) is 0 Å². The lowest BCUT2D eigenvalue weighted by Gasteiger charge is -2.11. The van der Waals surface area contributed by atoms with E-state index in [1.807, 2.05) is 0 Å². The summed E-state index contributed by atoms with van der Waals surface area (Å²) in [5.41, 5.74) is 6.31. The van der Waals surface area contributed by atoms with Crippen LogP contribution in [0.2, 0.25) is 0 Å². The second-order valence-electron chi connectivity index (χ2n) is 10.2. The number of hydrogen-bond donors (Lipinski definition) is 1. The SMILES string of the molecule is CCCCC/C=C/C/C=C/CCCCCCCCCC(N)CCCCCCCC(C)C. The quantitative estimate of drug-likeness (QED) is 0.119. The highest BCUT2D eigenvalue weighted by Crippen LogP contribution is 2.15. The van der Waals surface area contributed by atoms with Crippen molar-refractivity contribution in [1.82, 2.24) is 0 Å². The summed E-state index contributed by atoms with van der Waals surface area (Å²) in [7, 11) is 0. The number of unbranched alkanes of at least 4 members (excludes halogenated alkanes) is 14. The molecular weight excluding hydrogens is 374 g/mol. The van der Waals surface area contributed by atoms with Crippen molar-refractivity contribution >= 4 is 0 Å². The maximum absolute atomic E-state index is 6.31. The van der Waals surface area contributed by atoms with Crippen LogP contribution in [0.3, 0.4) is 0 Å². The molecule has 0 spiro atoms. The van der Waals surface area contributed by atoms with E-state index in [4.69, 9.17) is 5.73 Å². The molecule has 1 atom stereocenters. The lowest BCUT2D eigenvalue weighted by Crippen LogP contribution is -2.19. The van der Waals surface area contributed by atoms with Gasteiger partial charge in [-0.25, -0.2) is 0 Å². The topological polar surface area (TPSA) is 26.0 Å². The highest BCUT2D eigenvalue weighted by molar-refractivity contribution is 4.92. The zero-order valence-electron chi connectivity index (χ0n) is 21.9. The number of rotatable bonds is 24. The molecule has 0 aromatic rings. The highest BCUT2D eigenvalue weighted by Gasteiger charge is 2.02. The molecule has 0 aromatic carbocycles. The summed E-state index contributed by atoms with van der Waals surface area (Å²) in [5, 5.41) is 0. The molecule has 1 heteroatoms. The van der Waals surface area contributed by atoms with Crippen LogP contribution in [0.1, 0.15) is 156 Å². The van der Waals surface area contributed by atoms with Crippen LogP contribution in [0.5, 0.6) is 0 Å². The monoisotopic (exact) mass is 433 g/mol. The molecule has 0 heterocycles. The smallest absolute Gasteiger partial charge is 0.00388 e. The van der Waals surface area contributed by atoms with Crippen molar-refractivity contribution in [3.63, 3.8) is 0 Å². The van der Waals surface area contributed by atoms with Gasteiger partial charge in [0.25, 0.3) is 0 Å². The van der Waals surface area contributed by atoms with Gasteiger partial charge in [0, 0.05) is 6.04 Å². The fourth-order valence-corrected chi connectivity index (χ4v) is 4.21. The van der Waals surface area contributed by atoms with E-state index in [-0.39, 0.29) is 0 Å². The average Bonchev–Trinajstić information content (AvgIpc) is 2.75. The molecule has 0 aliphatic rings. The molecule has 0 saturated carbocycles. The first-order valence-electron chi connectivity index (χ1n) is 14.2. The largest absolute Gasteiger partial charge is 0.328 e. The Balaban J connectivity index is 3.24. The molecule has 0 rings (SSSR count). The molecule has 31 heavy (non-hydrogen) atoms. The summed E-state index contributed by atoms with van der Waals surface area (Å²) in [4.78, 5) is 0. The molecule has 0 aliphatic heterocycles. The van der Waals surface area contributed by atoms with Crippen molar-refractivity contribution < 1.29 is 0 Å². The van der Waals surface area contributed by atoms with Crippen LogP contribution in [-0.4, -0.2) is 6.04 Å². The van der Waals surface area contributed by atoms with Gasteiger partial charge in [-0.2, -0.15) is 0 Å². The Morgan fingerprint density at radius 2 is 0.935 bits per heavy atom. The molecule has 0 bridgehead atoms. The van der Waals surface area contributed by atoms with Gasteiger partial charge in [-0.05, 0) is 50.9 Å². The summed E-state index contributed by atoms with van der Waals surface area (Å²) in [6, 6.07) is 0.452. The fraction of sp³-hybridized carbons (Fsp3) is 0.867. The van der Waals surface area contributed by atoms with Crippen LogP contribution >= 0.6 is 0 Å². The van der Waals surface area contributed by atoms with Crippen molar-refractivity contribution in [2.75, 3.05) is 0 Å². The van der Waals surface area contributed by atoms with Gasteiger partial charge in [-0.1, -0.05) is 135 Å². The first-order valence-corrected chi connectivity index (χ1v) is 14.2. The van der Waals surface area contributed by atoms with Gasteiger partial charge >= 0.3 is 0 Å². The number of nitrogens with two attached hydrogens (primary N) is 1. The van der Waals surface area contributed by atoms with E-state index in [9.17, 15) is 0 Å². The molecule has 2 N–H and O–H groups in total. The molecule has 184 valence electrons. The van der Waals surface area contributed by atoms with Crippen molar-refractivity contribution in [2.45, 2.75) is 162 Å². The van der Waals surface area contributed by atoms with Crippen molar-refractivity contribution in [3.05, 3.63) is 24.3 Å². The third kappa shape index (κ3) is 27.4. The first-order chi connectivity index (χ1) is 15.2. The van der Waals surface area contributed by atoms with Gasteiger partial charge in [-0.3, -0.25) is 0 Å². The molecule has 1 nitrogen and oxygen atoms in total. The van der Waals surface area contributed by atoms with Gasteiger partial charge in [-0.15, -0.1) is 0 Å². The maximum Gasteiger partial charge on any atom is 0.00388 e.